The maximum absolute atomic E-state index is 12.5. The molecular weight excluding hydrogens is 430 g/mol. The van der Waals surface area contributed by atoms with Crippen molar-refractivity contribution in [2.75, 3.05) is 11.5 Å². The predicted octanol–water partition coefficient (Wildman–Crippen LogP) is 2.17. The summed E-state index contributed by atoms with van der Waals surface area (Å²) in [5, 5.41) is 21.0. The summed E-state index contributed by atoms with van der Waals surface area (Å²) in [4.78, 5) is 42.5. The van der Waals surface area contributed by atoms with Gasteiger partial charge in [0.2, 0.25) is 11.7 Å². The minimum absolute atomic E-state index is 0.0369. The number of nitrogens with zero attached hydrogens (tertiary/aromatic N) is 2. The average molecular weight is 455 g/mol. The number of anilines is 2. The third-order valence-corrected chi connectivity index (χ3v) is 5.41. The SMILES string of the molecule is CCC(Cc1coc2nc(N)nc(N)c12)c1ccc(C(=O)NC(CCC(=O)O)C(=O)O)cc1. The second kappa shape index (κ2) is 9.98. The lowest BCUT2D eigenvalue weighted by atomic mass is 9.89. The van der Waals surface area contributed by atoms with E-state index in [0.29, 0.717) is 17.5 Å². The molecule has 0 bridgehead atoms. The molecule has 3 rings (SSSR count). The number of furan rings is 1. The van der Waals surface area contributed by atoms with Gasteiger partial charge in [0.05, 0.1) is 11.6 Å². The van der Waals surface area contributed by atoms with Crippen LogP contribution in [-0.2, 0) is 16.0 Å². The molecule has 3 aromatic rings. The van der Waals surface area contributed by atoms with Crippen LogP contribution in [0.3, 0.4) is 0 Å². The van der Waals surface area contributed by atoms with Crippen LogP contribution in [0.5, 0.6) is 0 Å². The van der Waals surface area contributed by atoms with E-state index in [1.54, 1.807) is 30.5 Å². The van der Waals surface area contributed by atoms with Crippen molar-refractivity contribution in [2.24, 2.45) is 0 Å². The van der Waals surface area contributed by atoms with Crippen LogP contribution in [0.4, 0.5) is 11.8 Å². The maximum atomic E-state index is 12.5. The van der Waals surface area contributed by atoms with Crippen LogP contribution in [0, 0.1) is 0 Å². The van der Waals surface area contributed by atoms with E-state index in [1.807, 2.05) is 6.92 Å². The summed E-state index contributed by atoms with van der Waals surface area (Å²) < 4.78 is 5.48. The Kier molecular flexibility index (Phi) is 7.11. The molecule has 0 aliphatic carbocycles. The largest absolute Gasteiger partial charge is 0.481 e. The number of nitrogen functional groups attached to an aromatic ring is 2. The Bertz CT molecular complexity index is 1170. The number of carbonyl (C=O) groups excluding carboxylic acids is 1. The number of nitrogens with two attached hydrogens (primary N) is 2. The average Bonchev–Trinajstić information content (AvgIpc) is 3.17. The van der Waals surface area contributed by atoms with Crippen LogP contribution in [-0.4, -0.2) is 44.1 Å². The van der Waals surface area contributed by atoms with Crippen LogP contribution >= 0.6 is 0 Å². The van der Waals surface area contributed by atoms with Crippen LogP contribution in [0.25, 0.3) is 11.1 Å². The number of hydrogen-bond acceptors (Lipinski definition) is 8. The normalized spacial score (nSPS) is 12.9. The van der Waals surface area contributed by atoms with Crippen LogP contribution in [0.1, 0.15) is 53.6 Å². The molecular formula is C22H25N5O6. The summed E-state index contributed by atoms with van der Waals surface area (Å²) in [5.74, 6) is -2.64. The van der Waals surface area contributed by atoms with E-state index in [9.17, 15) is 19.5 Å². The standard InChI is InChI=1S/C22H25N5O6/c1-2-11(9-14-10-33-20-17(14)18(23)26-22(24)27-20)12-3-5-13(6-4-12)19(30)25-15(21(31)32)7-8-16(28)29/h3-6,10-11,15H,2,7-9H2,1H3,(H,25,30)(H,28,29)(H,31,32)(H4,23,24,26,27). The number of fused-ring (bicyclic) bond motifs is 1. The van der Waals surface area contributed by atoms with Crippen molar-refractivity contribution >= 4 is 40.7 Å². The number of aromatic nitrogens is 2. The Hall–Kier alpha value is -4.15. The van der Waals surface area contributed by atoms with Gasteiger partial charge in [-0.05, 0) is 42.9 Å². The number of carboxylic acid groups (broad SMARTS) is 2. The molecule has 0 saturated heterocycles. The Labute approximate surface area is 188 Å². The Morgan fingerprint density at radius 2 is 1.82 bits per heavy atom. The Balaban J connectivity index is 1.73. The first-order valence-corrected chi connectivity index (χ1v) is 10.3. The third-order valence-electron chi connectivity index (χ3n) is 5.41. The fourth-order valence-electron chi connectivity index (χ4n) is 3.63. The first-order valence-electron chi connectivity index (χ1n) is 10.3. The van der Waals surface area contributed by atoms with Gasteiger partial charge < -0.3 is 31.4 Å². The highest BCUT2D eigenvalue weighted by molar-refractivity contribution is 5.96. The molecule has 11 heteroatoms. The lowest BCUT2D eigenvalue weighted by Crippen LogP contribution is -2.41. The minimum Gasteiger partial charge on any atom is -0.481 e. The highest BCUT2D eigenvalue weighted by atomic mass is 16.4. The molecule has 7 N–H and O–H groups in total. The van der Waals surface area contributed by atoms with E-state index in [1.165, 1.54) is 0 Å². The van der Waals surface area contributed by atoms with Gasteiger partial charge in [-0.3, -0.25) is 9.59 Å². The summed E-state index contributed by atoms with van der Waals surface area (Å²) in [7, 11) is 0. The van der Waals surface area contributed by atoms with Gasteiger partial charge >= 0.3 is 11.9 Å². The summed E-state index contributed by atoms with van der Waals surface area (Å²) in [6.07, 6.45) is 2.42. The number of rotatable bonds is 10. The number of hydrogen-bond donors (Lipinski definition) is 5. The van der Waals surface area contributed by atoms with E-state index in [2.05, 4.69) is 15.3 Å². The molecule has 2 heterocycles. The molecule has 2 aromatic heterocycles. The first-order chi connectivity index (χ1) is 15.7. The van der Waals surface area contributed by atoms with Crippen LogP contribution in [0.2, 0.25) is 0 Å². The van der Waals surface area contributed by atoms with Gasteiger partial charge in [0, 0.05) is 17.5 Å². The van der Waals surface area contributed by atoms with Crippen molar-refractivity contribution in [3.8, 4) is 0 Å². The molecule has 33 heavy (non-hydrogen) atoms. The number of amides is 1. The molecule has 1 aromatic carbocycles. The van der Waals surface area contributed by atoms with Crippen LogP contribution in [0.15, 0.2) is 34.9 Å². The zero-order chi connectivity index (χ0) is 24.1. The second-order valence-electron chi connectivity index (χ2n) is 7.64. The molecule has 11 nitrogen and oxygen atoms in total. The molecule has 0 fully saturated rings. The maximum Gasteiger partial charge on any atom is 0.326 e. The Morgan fingerprint density at radius 3 is 2.42 bits per heavy atom. The molecule has 0 saturated carbocycles. The van der Waals surface area contributed by atoms with Crippen molar-refractivity contribution in [1.82, 2.24) is 15.3 Å². The van der Waals surface area contributed by atoms with Gasteiger partial charge in [-0.2, -0.15) is 9.97 Å². The molecule has 0 spiro atoms. The first kappa shape index (κ1) is 23.5. The van der Waals surface area contributed by atoms with Gasteiger partial charge in [-0.1, -0.05) is 19.1 Å². The van der Waals surface area contributed by atoms with Gasteiger partial charge in [-0.25, -0.2) is 4.79 Å². The molecule has 174 valence electrons. The Morgan fingerprint density at radius 1 is 1.12 bits per heavy atom. The number of benzene rings is 1. The summed E-state index contributed by atoms with van der Waals surface area (Å²) in [6.45, 7) is 2.03. The molecule has 0 radical (unpaired) electrons. The van der Waals surface area contributed by atoms with Gasteiger partial charge in [0.1, 0.15) is 11.9 Å². The van der Waals surface area contributed by atoms with Crippen LogP contribution < -0.4 is 16.8 Å². The number of aliphatic carboxylic acids is 2. The van der Waals surface area contributed by atoms with Gasteiger partial charge in [0.25, 0.3) is 5.91 Å². The van der Waals surface area contributed by atoms with Crippen molar-refractivity contribution in [1.29, 1.82) is 0 Å². The highest BCUT2D eigenvalue weighted by Crippen LogP contribution is 2.31. The number of nitrogens with one attached hydrogen (secondary N) is 1. The molecule has 2 atom stereocenters. The molecule has 1 amide bonds. The molecule has 2 unspecified atom stereocenters. The number of carboxylic acids is 2. The third kappa shape index (κ3) is 5.56. The quantitative estimate of drug-likeness (QED) is 0.302. The second-order valence-corrected chi connectivity index (χ2v) is 7.64. The topological polar surface area (TPSA) is 195 Å². The molecule has 0 aliphatic rings. The highest BCUT2D eigenvalue weighted by Gasteiger charge is 2.22. The van der Waals surface area contributed by atoms with E-state index in [-0.39, 0.29) is 36.1 Å². The van der Waals surface area contributed by atoms with Gasteiger partial charge in [0.15, 0.2) is 0 Å². The minimum atomic E-state index is -1.29. The van der Waals surface area contributed by atoms with Crippen molar-refractivity contribution < 1.29 is 29.0 Å². The fourth-order valence-corrected chi connectivity index (χ4v) is 3.63. The predicted molar refractivity (Wildman–Crippen MR) is 120 cm³/mol. The van der Waals surface area contributed by atoms with E-state index in [0.717, 1.165) is 17.5 Å². The van der Waals surface area contributed by atoms with E-state index < -0.39 is 23.9 Å². The van der Waals surface area contributed by atoms with Crippen molar-refractivity contribution in [3.05, 3.63) is 47.2 Å². The zero-order valence-electron chi connectivity index (χ0n) is 17.9. The van der Waals surface area contributed by atoms with Crippen molar-refractivity contribution in [2.45, 2.75) is 44.6 Å². The summed E-state index contributed by atoms with van der Waals surface area (Å²) in [5.41, 5.74) is 14.0. The zero-order valence-corrected chi connectivity index (χ0v) is 17.9. The van der Waals surface area contributed by atoms with E-state index in [4.69, 9.17) is 21.0 Å². The fraction of sp³-hybridized carbons (Fsp3) is 0.318. The van der Waals surface area contributed by atoms with Gasteiger partial charge in [-0.15, -0.1) is 0 Å². The number of carbonyl (C=O) groups is 3. The summed E-state index contributed by atoms with van der Waals surface area (Å²) in [6, 6.07) is 5.53. The summed E-state index contributed by atoms with van der Waals surface area (Å²) >= 11 is 0. The molecule has 0 aliphatic heterocycles. The monoisotopic (exact) mass is 455 g/mol. The van der Waals surface area contributed by atoms with E-state index >= 15 is 0 Å². The lowest BCUT2D eigenvalue weighted by molar-refractivity contribution is -0.140. The smallest absolute Gasteiger partial charge is 0.326 e. The lowest BCUT2D eigenvalue weighted by Gasteiger charge is -2.16. The van der Waals surface area contributed by atoms with Crippen molar-refractivity contribution in [3.63, 3.8) is 0 Å².